The highest BCUT2D eigenvalue weighted by atomic mass is 28.4. The summed E-state index contributed by atoms with van der Waals surface area (Å²) in [6.45, 7) is 15.1. The van der Waals surface area contributed by atoms with Gasteiger partial charge >= 0.3 is 6.09 Å². The summed E-state index contributed by atoms with van der Waals surface area (Å²) in [7, 11) is -0.171. The summed E-state index contributed by atoms with van der Waals surface area (Å²) in [4.78, 5) is 18.2. The van der Waals surface area contributed by atoms with Gasteiger partial charge in [0, 0.05) is 13.6 Å². The zero-order valence-corrected chi connectivity index (χ0v) is 18.3. The standard InChI is InChI=1S/C19H33N3O4Si/c1-8-9-25-18(24)22-12-14(26-27(6,7)19(2,3)4)10-15(22)17(23)16-11-20-13-21(16)5/h8,11,13-15,17,23H,1,9-10,12H2,2-7H3/t14-,15+,17?/m1/s1. The molecule has 0 bridgehead atoms. The first-order valence-electron chi connectivity index (χ1n) is 9.34. The molecule has 2 heterocycles. The van der Waals surface area contributed by atoms with Crippen LogP contribution >= 0.6 is 0 Å². The first-order chi connectivity index (χ1) is 12.5. The molecular formula is C19H33N3O4Si. The Balaban J connectivity index is 2.22. The summed E-state index contributed by atoms with van der Waals surface area (Å²) < 4.78 is 13.5. The van der Waals surface area contributed by atoms with Gasteiger partial charge < -0.3 is 18.8 Å². The van der Waals surface area contributed by atoms with E-state index in [9.17, 15) is 9.90 Å². The van der Waals surface area contributed by atoms with Crippen LogP contribution in [-0.2, 0) is 16.2 Å². The lowest BCUT2D eigenvalue weighted by atomic mass is 10.1. The number of carbonyl (C=O) groups excluding carboxylic acids is 1. The lowest BCUT2D eigenvalue weighted by molar-refractivity contribution is 0.0518. The Morgan fingerprint density at radius 2 is 2.19 bits per heavy atom. The van der Waals surface area contributed by atoms with E-state index in [1.54, 1.807) is 22.0 Å². The molecule has 1 aliphatic heterocycles. The van der Waals surface area contributed by atoms with Gasteiger partial charge in [0.2, 0.25) is 0 Å². The maximum atomic E-state index is 12.6. The third-order valence-corrected chi connectivity index (χ3v) is 10.2. The Morgan fingerprint density at radius 3 is 2.70 bits per heavy atom. The highest BCUT2D eigenvalue weighted by molar-refractivity contribution is 6.74. The number of rotatable bonds is 6. The Bertz CT molecular complexity index is 668. The predicted molar refractivity (Wildman–Crippen MR) is 107 cm³/mol. The predicted octanol–water partition coefficient (Wildman–Crippen LogP) is 3.24. The molecule has 2 rings (SSSR count). The molecule has 1 aromatic heterocycles. The molecule has 1 saturated heterocycles. The van der Waals surface area contributed by atoms with Gasteiger partial charge in [0.1, 0.15) is 12.7 Å². The number of aryl methyl sites for hydroxylation is 1. The number of hydrogen-bond donors (Lipinski definition) is 1. The molecule has 1 aliphatic rings. The van der Waals surface area contributed by atoms with Crippen LogP contribution in [-0.4, -0.2) is 59.3 Å². The number of hydrogen-bond acceptors (Lipinski definition) is 5. The van der Waals surface area contributed by atoms with Gasteiger partial charge in [-0.25, -0.2) is 9.78 Å². The number of aliphatic hydroxyl groups is 1. The fourth-order valence-corrected chi connectivity index (χ4v) is 4.43. The Kier molecular flexibility index (Phi) is 6.54. The van der Waals surface area contributed by atoms with Crippen LogP contribution in [0.1, 0.15) is 39.0 Å². The van der Waals surface area contributed by atoms with E-state index in [-0.39, 0.29) is 17.7 Å². The number of aromatic nitrogens is 2. The van der Waals surface area contributed by atoms with E-state index in [1.807, 2.05) is 7.05 Å². The molecule has 1 unspecified atom stereocenters. The third kappa shape index (κ3) is 4.80. The lowest BCUT2D eigenvalue weighted by Crippen LogP contribution is -2.45. The summed E-state index contributed by atoms with van der Waals surface area (Å²) >= 11 is 0. The molecule has 27 heavy (non-hydrogen) atoms. The average molecular weight is 396 g/mol. The van der Waals surface area contributed by atoms with E-state index in [0.29, 0.717) is 18.7 Å². The molecule has 8 heteroatoms. The molecule has 0 aliphatic carbocycles. The molecule has 1 amide bonds. The Morgan fingerprint density at radius 1 is 1.52 bits per heavy atom. The molecule has 1 N–H and O–H groups in total. The number of nitrogens with zero attached hydrogens (tertiary/aromatic N) is 3. The molecule has 1 aromatic rings. The van der Waals surface area contributed by atoms with Crippen molar-refractivity contribution in [3.8, 4) is 0 Å². The first kappa shape index (κ1) is 21.7. The highest BCUT2D eigenvalue weighted by Crippen LogP contribution is 2.40. The van der Waals surface area contributed by atoms with Gasteiger partial charge in [0.05, 0.1) is 30.4 Å². The zero-order chi connectivity index (χ0) is 20.4. The highest BCUT2D eigenvalue weighted by Gasteiger charge is 2.46. The van der Waals surface area contributed by atoms with Crippen molar-refractivity contribution in [2.75, 3.05) is 13.2 Å². The van der Waals surface area contributed by atoms with Crippen LogP contribution in [0.3, 0.4) is 0 Å². The summed E-state index contributed by atoms with van der Waals surface area (Å²) in [6.07, 6.45) is 3.91. The molecule has 0 radical (unpaired) electrons. The average Bonchev–Trinajstić information content (AvgIpc) is 3.17. The number of aliphatic hydroxyl groups excluding tert-OH is 1. The number of ether oxygens (including phenoxy) is 1. The number of amides is 1. The normalized spacial score (nSPS) is 22.0. The summed E-state index contributed by atoms with van der Waals surface area (Å²) in [5.74, 6) is 0. The van der Waals surface area contributed by atoms with Crippen LogP contribution < -0.4 is 0 Å². The number of carbonyl (C=O) groups is 1. The van der Waals surface area contributed by atoms with Crippen LogP contribution in [0.2, 0.25) is 18.1 Å². The molecule has 0 saturated carbocycles. The van der Waals surface area contributed by atoms with Crippen molar-refractivity contribution in [1.29, 1.82) is 0 Å². The quantitative estimate of drug-likeness (QED) is 0.591. The van der Waals surface area contributed by atoms with Crippen molar-refractivity contribution >= 4 is 14.4 Å². The summed E-state index contributed by atoms with van der Waals surface area (Å²) in [5.41, 5.74) is 0.662. The first-order valence-corrected chi connectivity index (χ1v) is 12.2. The van der Waals surface area contributed by atoms with Crippen LogP contribution in [0, 0.1) is 0 Å². The van der Waals surface area contributed by atoms with E-state index in [4.69, 9.17) is 9.16 Å². The summed E-state index contributed by atoms with van der Waals surface area (Å²) in [6, 6.07) is -0.424. The van der Waals surface area contributed by atoms with Gasteiger partial charge in [-0.05, 0) is 24.6 Å². The number of likely N-dealkylation sites (tertiary alicyclic amines) is 1. The second kappa shape index (κ2) is 8.16. The van der Waals surface area contributed by atoms with Crippen LogP contribution in [0.4, 0.5) is 4.79 Å². The van der Waals surface area contributed by atoms with Gasteiger partial charge in [-0.2, -0.15) is 0 Å². The van der Waals surface area contributed by atoms with Crippen LogP contribution in [0.5, 0.6) is 0 Å². The van der Waals surface area contributed by atoms with Crippen molar-refractivity contribution in [2.24, 2.45) is 7.05 Å². The maximum Gasteiger partial charge on any atom is 0.410 e. The van der Waals surface area contributed by atoms with Gasteiger partial charge in [0.15, 0.2) is 8.32 Å². The van der Waals surface area contributed by atoms with Crippen LogP contribution in [0.25, 0.3) is 0 Å². The topological polar surface area (TPSA) is 76.8 Å². The van der Waals surface area contributed by atoms with E-state index in [1.165, 1.54) is 6.08 Å². The molecule has 1 fully saturated rings. The maximum absolute atomic E-state index is 12.6. The minimum atomic E-state index is -2.00. The van der Waals surface area contributed by atoms with E-state index in [2.05, 4.69) is 45.4 Å². The van der Waals surface area contributed by atoms with E-state index < -0.39 is 26.6 Å². The largest absolute Gasteiger partial charge is 0.445 e. The van der Waals surface area contributed by atoms with Crippen molar-refractivity contribution in [2.45, 2.75) is 63.6 Å². The zero-order valence-electron chi connectivity index (χ0n) is 17.3. The Hall–Kier alpha value is -1.64. The van der Waals surface area contributed by atoms with Crippen molar-refractivity contribution in [3.05, 3.63) is 30.9 Å². The van der Waals surface area contributed by atoms with Gasteiger partial charge in [-0.1, -0.05) is 33.4 Å². The fourth-order valence-electron chi connectivity index (χ4n) is 3.08. The van der Waals surface area contributed by atoms with Gasteiger partial charge in [-0.3, -0.25) is 4.90 Å². The molecular weight excluding hydrogens is 362 g/mol. The summed E-state index contributed by atoms with van der Waals surface area (Å²) in [5, 5.41) is 11.0. The fraction of sp³-hybridized carbons (Fsp3) is 0.684. The number of imidazole rings is 1. The monoisotopic (exact) mass is 395 g/mol. The molecule has 7 nitrogen and oxygen atoms in total. The molecule has 0 spiro atoms. The third-order valence-electron chi connectivity index (χ3n) is 5.65. The van der Waals surface area contributed by atoms with Crippen molar-refractivity contribution in [1.82, 2.24) is 14.5 Å². The Labute approximate surface area is 163 Å². The molecule has 0 aromatic carbocycles. The van der Waals surface area contributed by atoms with Crippen LogP contribution in [0.15, 0.2) is 25.2 Å². The van der Waals surface area contributed by atoms with Crippen molar-refractivity contribution in [3.63, 3.8) is 0 Å². The van der Waals surface area contributed by atoms with E-state index >= 15 is 0 Å². The molecule has 3 atom stereocenters. The minimum absolute atomic E-state index is 0.0694. The lowest BCUT2D eigenvalue weighted by Gasteiger charge is -2.38. The van der Waals surface area contributed by atoms with Gasteiger partial charge in [0.25, 0.3) is 0 Å². The molecule has 152 valence electrons. The smallest absolute Gasteiger partial charge is 0.410 e. The second-order valence-electron chi connectivity index (χ2n) is 8.70. The van der Waals surface area contributed by atoms with E-state index in [0.717, 1.165) is 0 Å². The minimum Gasteiger partial charge on any atom is -0.445 e. The van der Waals surface area contributed by atoms with Crippen molar-refractivity contribution < 1.29 is 19.1 Å². The SMILES string of the molecule is C=CCOC(=O)N1C[C@H](O[Si](C)(C)C(C)(C)C)C[C@H]1C(O)c1cncn1C. The van der Waals surface area contributed by atoms with Gasteiger partial charge in [-0.15, -0.1) is 0 Å². The second-order valence-corrected chi connectivity index (χ2v) is 13.5.